The Bertz CT molecular complexity index is 416. The number of primary amides is 1. The molecule has 0 saturated heterocycles. The van der Waals surface area contributed by atoms with Gasteiger partial charge in [-0.3, -0.25) is 4.79 Å². The van der Waals surface area contributed by atoms with Gasteiger partial charge in [0.25, 0.3) is 5.91 Å². The van der Waals surface area contributed by atoms with Crippen LogP contribution in [0.5, 0.6) is 0 Å². The van der Waals surface area contributed by atoms with E-state index in [0.29, 0.717) is 22.3 Å². The molecule has 0 radical (unpaired) electrons. The number of nitrogens with one attached hydrogen (secondary N) is 1. The molecule has 86 valence electrons. The molecule has 1 aromatic carbocycles. The number of halogens is 1. The highest BCUT2D eigenvalue weighted by molar-refractivity contribution is 6.31. The molecule has 0 aliphatic heterocycles. The van der Waals surface area contributed by atoms with E-state index in [4.69, 9.17) is 23.1 Å². The summed E-state index contributed by atoms with van der Waals surface area (Å²) in [7, 11) is 0. The highest BCUT2D eigenvalue weighted by atomic mass is 35.5. The molecule has 16 heavy (non-hydrogen) atoms. The van der Waals surface area contributed by atoms with Crippen molar-refractivity contribution >= 4 is 23.2 Å². The van der Waals surface area contributed by atoms with Gasteiger partial charge in [0.05, 0.1) is 5.56 Å². The van der Waals surface area contributed by atoms with Crippen LogP contribution < -0.4 is 16.8 Å². The second-order valence-electron chi connectivity index (χ2n) is 4.13. The number of amides is 1. The highest BCUT2D eigenvalue weighted by Crippen LogP contribution is 2.26. The number of carbonyl (C=O) groups is 1. The number of hydrogen-bond donors (Lipinski definition) is 3. The van der Waals surface area contributed by atoms with Crippen LogP contribution in [0.25, 0.3) is 0 Å². The molecule has 4 nitrogen and oxygen atoms in total. The minimum atomic E-state index is -0.456. The minimum Gasteiger partial charge on any atom is -0.382 e. The van der Waals surface area contributed by atoms with Crippen LogP contribution in [-0.4, -0.2) is 18.0 Å². The first-order chi connectivity index (χ1) is 7.56. The molecule has 1 aliphatic rings. The fraction of sp³-hybridized carbons (Fsp3) is 0.364. The highest BCUT2D eigenvalue weighted by Gasteiger charge is 2.26. The van der Waals surface area contributed by atoms with Gasteiger partial charge < -0.3 is 16.8 Å². The maximum Gasteiger partial charge on any atom is 0.250 e. The summed E-state index contributed by atoms with van der Waals surface area (Å²) in [6, 6.07) is 5.57. The average Bonchev–Trinajstić information content (AvgIpc) is 2.15. The van der Waals surface area contributed by atoms with Gasteiger partial charge in [-0.15, -0.1) is 0 Å². The van der Waals surface area contributed by atoms with Crippen LogP contribution in [0.2, 0.25) is 5.02 Å². The predicted octanol–water partition coefficient (Wildman–Crippen LogP) is 1.34. The Morgan fingerprint density at radius 2 is 2.12 bits per heavy atom. The fourth-order valence-electron chi connectivity index (χ4n) is 1.85. The Labute approximate surface area is 98.9 Å². The van der Waals surface area contributed by atoms with Crippen LogP contribution in [0.15, 0.2) is 18.2 Å². The van der Waals surface area contributed by atoms with Crippen molar-refractivity contribution in [1.82, 2.24) is 0 Å². The molecule has 0 spiro atoms. The number of rotatable bonds is 3. The zero-order valence-corrected chi connectivity index (χ0v) is 9.50. The van der Waals surface area contributed by atoms with E-state index < -0.39 is 5.91 Å². The Morgan fingerprint density at radius 1 is 1.44 bits per heavy atom. The number of hydrogen-bond acceptors (Lipinski definition) is 3. The standard InChI is InChI=1S/C11H14ClN3O/c12-6-1-2-9(11(14)16)10(3-6)15-8-4-7(13)5-8/h1-3,7-8,15H,4-5,13H2,(H2,14,16). The lowest BCUT2D eigenvalue weighted by atomic mass is 9.87. The number of anilines is 1. The molecule has 1 amide bonds. The van der Waals surface area contributed by atoms with Crippen molar-refractivity contribution in [2.24, 2.45) is 11.5 Å². The van der Waals surface area contributed by atoms with Crippen molar-refractivity contribution in [3.8, 4) is 0 Å². The molecular formula is C11H14ClN3O. The van der Waals surface area contributed by atoms with E-state index in [-0.39, 0.29) is 6.04 Å². The Hall–Kier alpha value is -1.26. The monoisotopic (exact) mass is 239 g/mol. The van der Waals surface area contributed by atoms with Gasteiger partial charge in [-0.1, -0.05) is 11.6 Å². The molecule has 1 fully saturated rings. The molecule has 0 heterocycles. The van der Waals surface area contributed by atoms with Gasteiger partial charge >= 0.3 is 0 Å². The van der Waals surface area contributed by atoms with E-state index in [2.05, 4.69) is 5.32 Å². The summed E-state index contributed by atoms with van der Waals surface area (Å²) in [5.74, 6) is -0.456. The number of nitrogens with two attached hydrogens (primary N) is 2. The molecule has 0 unspecified atom stereocenters. The third-order valence-electron chi connectivity index (χ3n) is 2.78. The smallest absolute Gasteiger partial charge is 0.250 e. The van der Waals surface area contributed by atoms with Crippen molar-refractivity contribution in [2.75, 3.05) is 5.32 Å². The van der Waals surface area contributed by atoms with Gasteiger partial charge in [0, 0.05) is 22.8 Å². The van der Waals surface area contributed by atoms with Crippen LogP contribution >= 0.6 is 11.6 Å². The molecule has 5 heteroatoms. The molecule has 1 aliphatic carbocycles. The van der Waals surface area contributed by atoms with E-state index in [1.807, 2.05) is 0 Å². The van der Waals surface area contributed by atoms with Crippen LogP contribution in [-0.2, 0) is 0 Å². The molecule has 0 aromatic heterocycles. The Kier molecular flexibility index (Phi) is 3.03. The van der Waals surface area contributed by atoms with Crippen molar-refractivity contribution in [3.63, 3.8) is 0 Å². The SMILES string of the molecule is NC(=O)c1ccc(Cl)cc1NC1CC(N)C1. The molecular weight excluding hydrogens is 226 g/mol. The maximum atomic E-state index is 11.2. The summed E-state index contributed by atoms with van der Waals surface area (Å²) in [5, 5.41) is 3.81. The molecule has 0 bridgehead atoms. The summed E-state index contributed by atoms with van der Waals surface area (Å²) in [4.78, 5) is 11.2. The van der Waals surface area contributed by atoms with E-state index in [1.54, 1.807) is 18.2 Å². The van der Waals surface area contributed by atoms with Crippen LogP contribution in [0.4, 0.5) is 5.69 Å². The predicted molar refractivity (Wildman–Crippen MR) is 64.6 cm³/mol. The van der Waals surface area contributed by atoms with Crippen LogP contribution in [0.1, 0.15) is 23.2 Å². The van der Waals surface area contributed by atoms with Crippen molar-refractivity contribution in [2.45, 2.75) is 24.9 Å². The first kappa shape index (κ1) is 11.2. The van der Waals surface area contributed by atoms with Crippen LogP contribution in [0.3, 0.4) is 0 Å². The summed E-state index contributed by atoms with van der Waals surface area (Å²) >= 11 is 5.88. The summed E-state index contributed by atoms with van der Waals surface area (Å²) in [5.41, 5.74) is 12.1. The zero-order chi connectivity index (χ0) is 11.7. The first-order valence-electron chi connectivity index (χ1n) is 5.17. The second-order valence-corrected chi connectivity index (χ2v) is 4.56. The molecule has 1 aromatic rings. The van der Waals surface area contributed by atoms with E-state index in [1.165, 1.54) is 0 Å². The van der Waals surface area contributed by atoms with Gasteiger partial charge in [-0.05, 0) is 31.0 Å². The molecule has 5 N–H and O–H groups in total. The number of carbonyl (C=O) groups excluding carboxylic acids is 1. The van der Waals surface area contributed by atoms with Gasteiger partial charge in [0.15, 0.2) is 0 Å². The average molecular weight is 240 g/mol. The summed E-state index contributed by atoms with van der Waals surface area (Å²) in [6.45, 7) is 0. The second kappa shape index (κ2) is 4.31. The Morgan fingerprint density at radius 3 is 2.69 bits per heavy atom. The quantitative estimate of drug-likeness (QED) is 0.745. The van der Waals surface area contributed by atoms with Crippen molar-refractivity contribution < 1.29 is 4.79 Å². The van der Waals surface area contributed by atoms with E-state index in [9.17, 15) is 4.79 Å². The number of benzene rings is 1. The van der Waals surface area contributed by atoms with Gasteiger partial charge in [0.2, 0.25) is 0 Å². The zero-order valence-electron chi connectivity index (χ0n) is 8.74. The lowest BCUT2D eigenvalue weighted by molar-refractivity contribution is 0.100. The molecule has 2 rings (SSSR count). The first-order valence-corrected chi connectivity index (χ1v) is 5.55. The lowest BCUT2D eigenvalue weighted by Gasteiger charge is -2.34. The van der Waals surface area contributed by atoms with Crippen molar-refractivity contribution in [3.05, 3.63) is 28.8 Å². The maximum absolute atomic E-state index is 11.2. The minimum absolute atomic E-state index is 0.258. The van der Waals surface area contributed by atoms with Gasteiger partial charge in [0.1, 0.15) is 0 Å². The van der Waals surface area contributed by atoms with Gasteiger partial charge in [-0.25, -0.2) is 0 Å². The molecule has 1 saturated carbocycles. The summed E-state index contributed by atoms with van der Waals surface area (Å²) < 4.78 is 0. The lowest BCUT2D eigenvalue weighted by Crippen LogP contribution is -2.44. The molecule has 0 atom stereocenters. The van der Waals surface area contributed by atoms with Gasteiger partial charge in [-0.2, -0.15) is 0 Å². The van der Waals surface area contributed by atoms with E-state index in [0.717, 1.165) is 12.8 Å². The van der Waals surface area contributed by atoms with Crippen LogP contribution in [0, 0.1) is 0 Å². The topological polar surface area (TPSA) is 81.1 Å². The third-order valence-corrected chi connectivity index (χ3v) is 3.02. The normalized spacial score (nSPS) is 23.6. The third kappa shape index (κ3) is 2.28. The Balaban J connectivity index is 2.17. The largest absolute Gasteiger partial charge is 0.382 e. The fourth-order valence-corrected chi connectivity index (χ4v) is 2.02. The van der Waals surface area contributed by atoms with E-state index >= 15 is 0 Å². The summed E-state index contributed by atoms with van der Waals surface area (Å²) in [6.07, 6.45) is 1.81. The van der Waals surface area contributed by atoms with Crippen molar-refractivity contribution in [1.29, 1.82) is 0 Å².